The molecule has 0 N–H and O–H groups in total. The zero-order chi connectivity index (χ0) is 20.2. The fourth-order valence-corrected chi connectivity index (χ4v) is 3.81. The standard InChI is InChI=1S/C19H20ClN5O3/c1-11(2)10-25-17(26)15-16(22(3)19(25)27)21-18-23(7-8-24(15)18)12-5-6-14(28-4)13(20)9-12/h5-6,9H,1,7-8,10H2,2-4H3. The predicted molar refractivity (Wildman–Crippen MR) is 109 cm³/mol. The van der Waals surface area contributed by atoms with E-state index in [1.807, 2.05) is 15.5 Å². The molecule has 3 aromatic rings. The largest absolute Gasteiger partial charge is 0.495 e. The highest BCUT2D eigenvalue weighted by Crippen LogP contribution is 2.35. The average molecular weight is 402 g/mol. The van der Waals surface area contributed by atoms with Crippen LogP contribution in [-0.4, -0.2) is 32.3 Å². The first-order chi connectivity index (χ1) is 13.3. The molecule has 0 saturated carbocycles. The van der Waals surface area contributed by atoms with Crippen molar-refractivity contribution in [3.63, 3.8) is 0 Å². The van der Waals surface area contributed by atoms with E-state index in [1.54, 1.807) is 33.2 Å². The minimum absolute atomic E-state index is 0.180. The molecule has 0 unspecified atom stereocenters. The molecule has 9 heteroatoms. The van der Waals surface area contributed by atoms with Crippen LogP contribution in [0.25, 0.3) is 11.2 Å². The fraction of sp³-hybridized carbons (Fsp3) is 0.316. The number of anilines is 2. The van der Waals surface area contributed by atoms with Crippen molar-refractivity contribution >= 4 is 34.4 Å². The van der Waals surface area contributed by atoms with Crippen molar-refractivity contribution in [2.24, 2.45) is 7.05 Å². The van der Waals surface area contributed by atoms with Crippen LogP contribution in [-0.2, 0) is 20.1 Å². The highest BCUT2D eigenvalue weighted by Gasteiger charge is 2.29. The van der Waals surface area contributed by atoms with Gasteiger partial charge in [0, 0.05) is 25.8 Å². The number of aryl methyl sites for hydroxylation is 1. The molecule has 0 saturated heterocycles. The van der Waals surface area contributed by atoms with Crippen LogP contribution in [0.2, 0.25) is 5.02 Å². The van der Waals surface area contributed by atoms with E-state index in [4.69, 9.17) is 16.3 Å². The Morgan fingerprint density at radius 2 is 2.07 bits per heavy atom. The zero-order valence-corrected chi connectivity index (χ0v) is 16.7. The lowest BCUT2D eigenvalue weighted by Gasteiger charge is -2.17. The number of nitrogens with zero attached hydrogens (tertiary/aromatic N) is 5. The number of aromatic nitrogens is 4. The van der Waals surface area contributed by atoms with E-state index in [0.717, 1.165) is 11.3 Å². The molecule has 146 valence electrons. The van der Waals surface area contributed by atoms with Gasteiger partial charge in [0.05, 0.1) is 18.7 Å². The number of allylic oxidation sites excluding steroid dienone is 1. The minimum Gasteiger partial charge on any atom is -0.495 e. The Balaban J connectivity index is 1.91. The molecule has 0 spiro atoms. The molecular weight excluding hydrogens is 382 g/mol. The maximum absolute atomic E-state index is 13.0. The lowest BCUT2D eigenvalue weighted by molar-refractivity contribution is 0.415. The van der Waals surface area contributed by atoms with Crippen molar-refractivity contribution in [3.8, 4) is 5.75 Å². The van der Waals surface area contributed by atoms with Gasteiger partial charge in [-0.3, -0.25) is 13.9 Å². The summed E-state index contributed by atoms with van der Waals surface area (Å²) < 4.78 is 9.67. The van der Waals surface area contributed by atoms with Crippen LogP contribution in [0, 0.1) is 0 Å². The first kappa shape index (κ1) is 18.4. The number of imidazole rings is 1. The monoisotopic (exact) mass is 401 g/mol. The number of rotatable bonds is 4. The third kappa shape index (κ3) is 2.63. The van der Waals surface area contributed by atoms with Gasteiger partial charge in [0.1, 0.15) is 5.75 Å². The van der Waals surface area contributed by atoms with Crippen LogP contribution < -0.4 is 20.9 Å². The van der Waals surface area contributed by atoms with E-state index >= 15 is 0 Å². The molecule has 0 radical (unpaired) electrons. The molecule has 1 aliphatic heterocycles. The van der Waals surface area contributed by atoms with Gasteiger partial charge in [-0.05, 0) is 25.1 Å². The average Bonchev–Trinajstić information content (AvgIpc) is 3.22. The highest BCUT2D eigenvalue weighted by atomic mass is 35.5. The van der Waals surface area contributed by atoms with Gasteiger partial charge in [0.2, 0.25) is 5.95 Å². The summed E-state index contributed by atoms with van der Waals surface area (Å²) in [6, 6.07) is 5.48. The Morgan fingerprint density at radius 3 is 2.71 bits per heavy atom. The summed E-state index contributed by atoms with van der Waals surface area (Å²) in [7, 11) is 3.18. The number of ether oxygens (including phenoxy) is 1. The summed E-state index contributed by atoms with van der Waals surface area (Å²) in [5.74, 6) is 1.19. The topological polar surface area (TPSA) is 74.3 Å². The van der Waals surface area contributed by atoms with E-state index < -0.39 is 5.69 Å². The molecular formula is C19H20ClN5O3. The molecule has 1 aliphatic rings. The van der Waals surface area contributed by atoms with Gasteiger partial charge < -0.3 is 14.2 Å². The van der Waals surface area contributed by atoms with Crippen LogP contribution in [0.15, 0.2) is 39.9 Å². The number of hydrogen-bond donors (Lipinski definition) is 0. The molecule has 2 aromatic heterocycles. The Hall–Kier alpha value is -3.00. The first-order valence-corrected chi connectivity index (χ1v) is 9.16. The SMILES string of the molecule is C=C(C)Cn1c(=O)c2c(nc3n2CCN3c2ccc(OC)c(Cl)c2)n(C)c1=O. The third-order valence-electron chi connectivity index (χ3n) is 4.88. The Kier molecular flexibility index (Phi) is 4.30. The van der Waals surface area contributed by atoms with E-state index in [9.17, 15) is 9.59 Å². The Morgan fingerprint density at radius 1 is 1.32 bits per heavy atom. The normalized spacial score (nSPS) is 13.2. The van der Waals surface area contributed by atoms with Gasteiger partial charge in [-0.25, -0.2) is 4.79 Å². The predicted octanol–water partition coefficient (Wildman–Crippen LogP) is 2.29. The zero-order valence-electron chi connectivity index (χ0n) is 15.9. The number of methoxy groups -OCH3 is 1. The molecule has 0 fully saturated rings. The molecule has 0 atom stereocenters. The van der Waals surface area contributed by atoms with Crippen molar-refractivity contribution in [2.45, 2.75) is 20.0 Å². The summed E-state index contributed by atoms with van der Waals surface area (Å²) in [5.41, 5.74) is 1.60. The van der Waals surface area contributed by atoms with Crippen LogP contribution in [0.5, 0.6) is 5.75 Å². The maximum Gasteiger partial charge on any atom is 0.332 e. The number of fused-ring (bicyclic) bond motifs is 3. The van der Waals surface area contributed by atoms with Gasteiger partial charge in [-0.1, -0.05) is 23.8 Å². The van der Waals surface area contributed by atoms with E-state index in [-0.39, 0.29) is 12.1 Å². The van der Waals surface area contributed by atoms with Gasteiger partial charge in [-0.15, -0.1) is 0 Å². The summed E-state index contributed by atoms with van der Waals surface area (Å²) >= 11 is 6.27. The second kappa shape index (κ2) is 6.56. The lowest BCUT2D eigenvalue weighted by atomic mass is 10.3. The lowest BCUT2D eigenvalue weighted by Crippen LogP contribution is -2.39. The number of benzene rings is 1. The van der Waals surface area contributed by atoms with E-state index in [1.165, 1.54) is 9.13 Å². The molecule has 0 bridgehead atoms. The molecule has 8 nitrogen and oxygen atoms in total. The van der Waals surface area contributed by atoms with Crippen LogP contribution >= 0.6 is 11.6 Å². The second-order valence-electron chi connectivity index (χ2n) is 6.90. The maximum atomic E-state index is 13.0. The summed E-state index contributed by atoms with van der Waals surface area (Å²) in [6.45, 7) is 7.00. The van der Waals surface area contributed by atoms with Crippen molar-refractivity contribution in [1.82, 2.24) is 18.7 Å². The number of hydrogen-bond acceptors (Lipinski definition) is 5. The molecule has 0 aliphatic carbocycles. The second-order valence-corrected chi connectivity index (χ2v) is 7.30. The highest BCUT2D eigenvalue weighted by molar-refractivity contribution is 6.32. The quantitative estimate of drug-likeness (QED) is 0.627. The fourth-order valence-electron chi connectivity index (χ4n) is 3.56. The molecule has 3 heterocycles. The van der Waals surface area contributed by atoms with Gasteiger partial charge in [0.15, 0.2) is 11.2 Å². The van der Waals surface area contributed by atoms with E-state index in [0.29, 0.717) is 41.0 Å². The summed E-state index contributed by atoms with van der Waals surface area (Å²) in [4.78, 5) is 32.2. The summed E-state index contributed by atoms with van der Waals surface area (Å²) in [6.07, 6.45) is 0. The van der Waals surface area contributed by atoms with Crippen molar-refractivity contribution in [3.05, 3.63) is 56.2 Å². The molecule has 0 amide bonds. The van der Waals surface area contributed by atoms with Gasteiger partial charge in [0.25, 0.3) is 5.56 Å². The Bertz CT molecular complexity index is 1240. The smallest absolute Gasteiger partial charge is 0.332 e. The van der Waals surface area contributed by atoms with Crippen molar-refractivity contribution < 1.29 is 4.74 Å². The van der Waals surface area contributed by atoms with Crippen LogP contribution in [0.4, 0.5) is 11.6 Å². The molecule has 28 heavy (non-hydrogen) atoms. The molecule has 4 rings (SSSR count). The van der Waals surface area contributed by atoms with Gasteiger partial charge >= 0.3 is 5.69 Å². The third-order valence-corrected chi connectivity index (χ3v) is 5.17. The minimum atomic E-state index is -0.406. The van der Waals surface area contributed by atoms with E-state index in [2.05, 4.69) is 11.6 Å². The number of halogens is 1. The van der Waals surface area contributed by atoms with Crippen LogP contribution in [0.1, 0.15) is 6.92 Å². The molecule has 1 aromatic carbocycles. The van der Waals surface area contributed by atoms with Gasteiger partial charge in [-0.2, -0.15) is 4.98 Å². The van der Waals surface area contributed by atoms with Crippen LogP contribution in [0.3, 0.4) is 0 Å². The summed E-state index contributed by atoms with van der Waals surface area (Å²) in [5, 5.41) is 0.491. The first-order valence-electron chi connectivity index (χ1n) is 8.79. The Labute approximate surface area is 165 Å². The van der Waals surface area contributed by atoms with Crippen molar-refractivity contribution in [1.29, 1.82) is 0 Å². The van der Waals surface area contributed by atoms with Crippen molar-refractivity contribution in [2.75, 3.05) is 18.6 Å².